The summed E-state index contributed by atoms with van der Waals surface area (Å²) in [6, 6.07) is 4.77. The van der Waals surface area contributed by atoms with Gasteiger partial charge in [-0.3, -0.25) is 0 Å². The second-order valence-corrected chi connectivity index (χ2v) is 3.98. The van der Waals surface area contributed by atoms with E-state index in [0.717, 1.165) is 10.1 Å². The van der Waals surface area contributed by atoms with Crippen LogP contribution in [-0.4, -0.2) is 0 Å². The molecule has 0 amide bonds. The third-order valence-corrected chi connectivity index (χ3v) is 2.79. The molecule has 12 heavy (non-hydrogen) atoms. The molecule has 0 atom stereocenters. The second-order valence-electron chi connectivity index (χ2n) is 2.45. The molecular formula is C8H5ClFNS. The van der Waals surface area contributed by atoms with Crippen molar-refractivity contribution in [3.63, 3.8) is 0 Å². The third-order valence-electron chi connectivity index (χ3n) is 1.58. The van der Waals surface area contributed by atoms with Crippen LogP contribution in [0.15, 0.2) is 18.2 Å². The number of hydrogen-bond donors (Lipinski definition) is 1. The van der Waals surface area contributed by atoms with E-state index in [1.807, 2.05) is 0 Å². The number of fused-ring (bicyclic) bond motifs is 1. The van der Waals surface area contributed by atoms with Crippen LogP contribution in [0.1, 0.15) is 0 Å². The Morgan fingerprint density at radius 1 is 1.33 bits per heavy atom. The van der Waals surface area contributed by atoms with Crippen LogP contribution < -0.4 is 5.73 Å². The number of halogens is 2. The van der Waals surface area contributed by atoms with E-state index >= 15 is 0 Å². The molecule has 0 fully saturated rings. The second kappa shape index (κ2) is 2.61. The molecule has 1 aromatic heterocycles. The van der Waals surface area contributed by atoms with Crippen LogP contribution in [0.2, 0.25) is 5.02 Å². The van der Waals surface area contributed by atoms with Crippen molar-refractivity contribution in [2.24, 2.45) is 0 Å². The van der Waals surface area contributed by atoms with Crippen molar-refractivity contribution in [3.05, 3.63) is 29.0 Å². The van der Waals surface area contributed by atoms with Crippen LogP contribution in [0.25, 0.3) is 10.1 Å². The van der Waals surface area contributed by atoms with E-state index in [4.69, 9.17) is 17.3 Å². The van der Waals surface area contributed by atoms with Gasteiger partial charge in [0.2, 0.25) is 0 Å². The highest BCUT2D eigenvalue weighted by Crippen LogP contribution is 2.31. The molecular weight excluding hydrogens is 197 g/mol. The van der Waals surface area contributed by atoms with Gasteiger partial charge >= 0.3 is 0 Å². The van der Waals surface area contributed by atoms with Gasteiger partial charge in [-0.2, -0.15) is 0 Å². The van der Waals surface area contributed by atoms with Gasteiger partial charge in [0.25, 0.3) is 0 Å². The molecule has 0 aliphatic carbocycles. The number of benzene rings is 1. The van der Waals surface area contributed by atoms with Gasteiger partial charge in [-0.1, -0.05) is 11.6 Å². The van der Waals surface area contributed by atoms with E-state index < -0.39 is 5.82 Å². The molecule has 0 spiro atoms. The summed E-state index contributed by atoms with van der Waals surface area (Å²) in [5.74, 6) is -0.397. The average molecular weight is 202 g/mol. The molecule has 0 aliphatic heterocycles. The lowest BCUT2D eigenvalue weighted by atomic mass is 10.2. The largest absolute Gasteiger partial charge is 0.391 e. The first-order chi connectivity index (χ1) is 5.66. The maximum Gasteiger partial charge on any atom is 0.143 e. The molecule has 1 nitrogen and oxygen atoms in total. The molecule has 1 aromatic carbocycles. The normalized spacial score (nSPS) is 10.8. The van der Waals surface area contributed by atoms with Gasteiger partial charge in [-0.15, -0.1) is 11.3 Å². The lowest BCUT2D eigenvalue weighted by Crippen LogP contribution is -1.74. The molecule has 2 rings (SSSR count). The quantitative estimate of drug-likeness (QED) is 0.696. The van der Waals surface area contributed by atoms with Crippen molar-refractivity contribution in [3.8, 4) is 0 Å². The highest BCUT2D eigenvalue weighted by atomic mass is 35.5. The summed E-state index contributed by atoms with van der Waals surface area (Å²) >= 11 is 6.94. The van der Waals surface area contributed by atoms with Crippen molar-refractivity contribution in [2.75, 3.05) is 5.73 Å². The average Bonchev–Trinajstić information content (AvgIpc) is 2.30. The summed E-state index contributed by atoms with van der Waals surface area (Å²) in [4.78, 5) is 0. The van der Waals surface area contributed by atoms with E-state index in [1.54, 1.807) is 12.1 Å². The maximum atomic E-state index is 12.9. The Labute approximate surface area is 77.6 Å². The van der Waals surface area contributed by atoms with E-state index in [0.29, 0.717) is 5.00 Å². The minimum absolute atomic E-state index is 0.139. The minimum atomic E-state index is -0.397. The summed E-state index contributed by atoms with van der Waals surface area (Å²) in [5, 5.41) is 1.70. The zero-order valence-corrected chi connectivity index (χ0v) is 7.55. The molecule has 0 saturated heterocycles. The van der Waals surface area contributed by atoms with Crippen LogP contribution in [0.4, 0.5) is 9.39 Å². The first kappa shape index (κ1) is 7.83. The Hall–Kier alpha value is -0.800. The van der Waals surface area contributed by atoms with Crippen molar-refractivity contribution >= 4 is 38.0 Å². The fourth-order valence-corrected chi connectivity index (χ4v) is 2.06. The maximum absolute atomic E-state index is 12.9. The topological polar surface area (TPSA) is 26.0 Å². The first-order valence-corrected chi connectivity index (χ1v) is 4.50. The Morgan fingerprint density at radius 3 is 2.83 bits per heavy atom. The summed E-state index contributed by atoms with van der Waals surface area (Å²) in [6.07, 6.45) is 0. The first-order valence-electron chi connectivity index (χ1n) is 3.31. The Morgan fingerprint density at radius 2 is 2.08 bits per heavy atom. The molecule has 0 aliphatic rings. The smallest absolute Gasteiger partial charge is 0.143 e. The van der Waals surface area contributed by atoms with Crippen LogP contribution in [-0.2, 0) is 0 Å². The van der Waals surface area contributed by atoms with Crippen molar-refractivity contribution < 1.29 is 4.39 Å². The lowest BCUT2D eigenvalue weighted by Gasteiger charge is -1.92. The summed E-state index contributed by atoms with van der Waals surface area (Å²) < 4.78 is 13.7. The van der Waals surface area contributed by atoms with E-state index in [-0.39, 0.29) is 5.02 Å². The van der Waals surface area contributed by atoms with Crippen molar-refractivity contribution in [1.29, 1.82) is 0 Å². The molecule has 2 aromatic rings. The molecule has 62 valence electrons. The molecule has 0 saturated carbocycles. The van der Waals surface area contributed by atoms with Gasteiger partial charge in [0.05, 0.1) is 10.0 Å². The van der Waals surface area contributed by atoms with Crippen molar-refractivity contribution in [2.45, 2.75) is 0 Å². The van der Waals surface area contributed by atoms with Gasteiger partial charge in [0.1, 0.15) is 5.82 Å². The predicted molar refractivity (Wildman–Crippen MR) is 51.2 cm³/mol. The van der Waals surface area contributed by atoms with E-state index in [1.165, 1.54) is 17.4 Å². The van der Waals surface area contributed by atoms with Gasteiger partial charge in [0.15, 0.2) is 0 Å². The zero-order valence-electron chi connectivity index (χ0n) is 5.97. The van der Waals surface area contributed by atoms with Crippen molar-refractivity contribution in [1.82, 2.24) is 0 Å². The Kier molecular flexibility index (Phi) is 1.70. The van der Waals surface area contributed by atoms with Gasteiger partial charge in [-0.05, 0) is 23.6 Å². The number of rotatable bonds is 0. The fraction of sp³-hybridized carbons (Fsp3) is 0. The van der Waals surface area contributed by atoms with Gasteiger partial charge in [0, 0.05) is 4.70 Å². The number of thiophene rings is 1. The molecule has 1 heterocycles. The van der Waals surface area contributed by atoms with E-state index in [2.05, 4.69) is 0 Å². The number of nitrogen functional groups attached to an aromatic ring is 1. The monoisotopic (exact) mass is 201 g/mol. The number of nitrogens with two attached hydrogens (primary N) is 1. The standard InChI is InChI=1S/C8H5ClFNS/c9-5-1-4-2-8(11)12-7(4)3-6(5)10/h1-3H,11H2. The number of anilines is 1. The minimum Gasteiger partial charge on any atom is -0.391 e. The fourth-order valence-electron chi connectivity index (χ4n) is 1.05. The zero-order chi connectivity index (χ0) is 8.72. The predicted octanol–water partition coefficient (Wildman–Crippen LogP) is 3.28. The van der Waals surface area contributed by atoms with Crippen LogP contribution >= 0.6 is 22.9 Å². The molecule has 0 radical (unpaired) electrons. The molecule has 0 unspecified atom stereocenters. The summed E-state index contributed by atoms with van der Waals surface area (Å²) in [6.45, 7) is 0. The van der Waals surface area contributed by atoms with Gasteiger partial charge in [-0.25, -0.2) is 4.39 Å². The SMILES string of the molecule is Nc1cc2cc(Cl)c(F)cc2s1. The van der Waals surface area contributed by atoms with Crippen LogP contribution in [0.3, 0.4) is 0 Å². The summed E-state index contributed by atoms with van der Waals surface area (Å²) in [7, 11) is 0. The van der Waals surface area contributed by atoms with Crippen LogP contribution in [0, 0.1) is 5.82 Å². The van der Waals surface area contributed by atoms with Gasteiger partial charge < -0.3 is 5.73 Å². The Balaban J connectivity index is 2.83. The molecule has 2 N–H and O–H groups in total. The highest BCUT2D eigenvalue weighted by Gasteiger charge is 2.04. The summed E-state index contributed by atoms with van der Waals surface area (Å²) in [5.41, 5.74) is 5.54. The number of hydrogen-bond acceptors (Lipinski definition) is 2. The lowest BCUT2D eigenvalue weighted by molar-refractivity contribution is 0.630. The molecule has 4 heteroatoms. The van der Waals surface area contributed by atoms with Crippen LogP contribution in [0.5, 0.6) is 0 Å². The van der Waals surface area contributed by atoms with E-state index in [9.17, 15) is 4.39 Å². The molecule has 0 bridgehead atoms. The highest BCUT2D eigenvalue weighted by molar-refractivity contribution is 7.22. The third kappa shape index (κ3) is 1.15. The Bertz CT molecular complexity index is 399.